The number of carbonyl (C=O) groups excluding carboxylic acids is 1. The summed E-state index contributed by atoms with van der Waals surface area (Å²) in [6, 6.07) is 18.3. The van der Waals surface area contributed by atoms with Crippen LogP contribution in [0.1, 0.15) is 12.8 Å². The molecule has 0 bridgehead atoms. The average Bonchev–Trinajstić information content (AvgIpc) is 2.69. The van der Waals surface area contributed by atoms with Gasteiger partial charge in [-0.1, -0.05) is 55.1 Å². The Morgan fingerprint density at radius 3 is 2.52 bits per heavy atom. The summed E-state index contributed by atoms with van der Waals surface area (Å²) in [7, 11) is 6.18. The Balaban J connectivity index is 1.75. The summed E-state index contributed by atoms with van der Waals surface area (Å²) in [4.78, 5) is 14.4. The average molecular weight is 365 g/mol. The predicted molar refractivity (Wildman–Crippen MR) is 111 cm³/mol. The maximum Gasteiger partial charge on any atom is 0.414 e. The quantitative estimate of drug-likeness (QED) is 0.580. The van der Waals surface area contributed by atoms with Gasteiger partial charge in [-0.3, -0.25) is 4.90 Å². The topological polar surface area (TPSA) is 29.5 Å². The molecular weight excluding hydrogens is 336 g/mol. The number of likely N-dealkylation sites (N-methyl/N-ethyl adjacent to an activating group) is 1. The van der Waals surface area contributed by atoms with E-state index in [4.69, 9.17) is 4.74 Å². The molecule has 2 aromatic carbocycles. The first-order chi connectivity index (χ1) is 12.9. The zero-order chi connectivity index (χ0) is 19.4. The predicted octanol–water partition coefficient (Wildman–Crippen LogP) is 4.72. The molecule has 0 radical (unpaired) electrons. The van der Waals surface area contributed by atoms with Gasteiger partial charge in [-0.05, 0) is 17.7 Å². The summed E-state index contributed by atoms with van der Waals surface area (Å²) in [5.74, 6) is 0. The van der Waals surface area contributed by atoms with Gasteiger partial charge in [-0.15, -0.1) is 0 Å². The molecule has 142 valence electrons. The van der Waals surface area contributed by atoms with Gasteiger partial charge in [0.05, 0.1) is 26.3 Å². The first kappa shape index (κ1) is 19.2. The number of anilines is 1. The lowest BCUT2D eigenvalue weighted by molar-refractivity contribution is -0.914. The van der Waals surface area contributed by atoms with Crippen molar-refractivity contribution in [3.8, 4) is 11.1 Å². The Labute approximate surface area is 162 Å². The zero-order valence-corrected chi connectivity index (χ0v) is 16.5. The maximum atomic E-state index is 12.8. The van der Waals surface area contributed by atoms with E-state index in [1.165, 1.54) is 0 Å². The third kappa shape index (κ3) is 4.22. The minimum atomic E-state index is -0.307. The van der Waals surface area contributed by atoms with E-state index < -0.39 is 0 Å². The van der Waals surface area contributed by atoms with E-state index in [-0.39, 0.29) is 12.2 Å². The van der Waals surface area contributed by atoms with Gasteiger partial charge in [-0.2, -0.15) is 0 Å². The van der Waals surface area contributed by atoms with Crippen LogP contribution in [0.4, 0.5) is 10.5 Å². The van der Waals surface area contributed by atoms with Crippen LogP contribution in [0.3, 0.4) is 0 Å². The van der Waals surface area contributed by atoms with E-state index >= 15 is 0 Å². The smallest absolute Gasteiger partial charge is 0.414 e. The zero-order valence-electron chi connectivity index (χ0n) is 16.5. The summed E-state index contributed by atoms with van der Waals surface area (Å²) < 4.78 is 6.75. The highest BCUT2D eigenvalue weighted by Gasteiger charge is 2.36. The largest absolute Gasteiger partial charge is 0.445 e. The highest BCUT2D eigenvalue weighted by molar-refractivity contribution is 5.93. The van der Waals surface area contributed by atoms with E-state index in [2.05, 4.69) is 20.7 Å². The molecule has 1 aliphatic rings. The molecule has 1 amide bonds. The van der Waals surface area contributed by atoms with Crippen LogP contribution in [-0.2, 0) is 4.74 Å². The van der Waals surface area contributed by atoms with Crippen molar-refractivity contribution in [1.29, 1.82) is 0 Å². The molecule has 1 saturated heterocycles. The third-order valence-electron chi connectivity index (χ3n) is 5.59. The van der Waals surface area contributed by atoms with E-state index in [0.29, 0.717) is 6.04 Å². The van der Waals surface area contributed by atoms with Gasteiger partial charge in [0.25, 0.3) is 0 Å². The van der Waals surface area contributed by atoms with Crippen molar-refractivity contribution in [2.45, 2.75) is 25.0 Å². The number of carbonyl (C=O) groups is 1. The molecule has 0 saturated carbocycles. The van der Waals surface area contributed by atoms with Crippen LogP contribution in [0.15, 0.2) is 67.3 Å². The minimum absolute atomic E-state index is 0.0713. The molecule has 2 aromatic rings. The van der Waals surface area contributed by atoms with Crippen LogP contribution >= 0.6 is 0 Å². The summed E-state index contributed by atoms with van der Waals surface area (Å²) >= 11 is 0. The number of quaternary nitrogens is 1. The molecule has 2 atom stereocenters. The van der Waals surface area contributed by atoms with Gasteiger partial charge >= 0.3 is 6.09 Å². The molecule has 0 aliphatic carbocycles. The molecule has 0 aromatic heterocycles. The van der Waals surface area contributed by atoms with Crippen molar-refractivity contribution in [3.63, 3.8) is 0 Å². The highest BCUT2D eigenvalue weighted by Crippen LogP contribution is 2.31. The molecule has 27 heavy (non-hydrogen) atoms. The number of benzene rings is 2. The number of ether oxygens (including phenoxy) is 1. The first-order valence-electron chi connectivity index (χ1n) is 9.46. The molecule has 1 fully saturated rings. The molecule has 3 rings (SSSR count). The fraction of sp³-hybridized carbons (Fsp3) is 0.348. The summed E-state index contributed by atoms with van der Waals surface area (Å²) in [6.45, 7) is 4.93. The number of likely N-dealkylation sites (tertiary alicyclic amines) is 1. The second kappa shape index (κ2) is 7.97. The molecule has 1 heterocycles. The first-order valence-corrected chi connectivity index (χ1v) is 9.46. The molecule has 0 spiro atoms. The van der Waals surface area contributed by atoms with Crippen molar-refractivity contribution in [3.05, 3.63) is 67.3 Å². The molecule has 4 nitrogen and oxygen atoms in total. The highest BCUT2D eigenvalue weighted by atomic mass is 16.6. The lowest BCUT2D eigenvalue weighted by atomic mass is 9.97. The van der Waals surface area contributed by atoms with Gasteiger partial charge in [-0.25, -0.2) is 4.79 Å². The molecule has 4 heteroatoms. The van der Waals surface area contributed by atoms with Gasteiger partial charge in [0.2, 0.25) is 0 Å². The van der Waals surface area contributed by atoms with E-state index in [1.54, 1.807) is 11.9 Å². The number of amides is 1. The van der Waals surface area contributed by atoms with Gasteiger partial charge < -0.3 is 9.22 Å². The number of hydrogen-bond donors (Lipinski definition) is 0. The molecule has 0 unspecified atom stereocenters. The number of para-hydroxylation sites is 1. The van der Waals surface area contributed by atoms with Crippen molar-refractivity contribution >= 4 is 11.8 Å². The van der Waals surface area contributed by atoms with E-state index in [0.717, 1.165) is 40.7 Å². The normalized spacial score (nSPS) is 21.3. The van der Waals surface area contributed by atoms with Gasteiger partial charge in [0, 0.05) is 25.5 Å². The van der Waals surface area contributed by atoms with Crippen LogP contribution in [-0.4, -0.2) is 50.4 Å². The van der Waals surface area contributed by atoms with Crippen molar-refractivity contribution < 1.29 is 14.0 Å². The van der Waals surface area contributed by atoms with Crippen LogP contribution in [0.2, 0.25) is 0 Å². The summed E-state index contributed by atoms with van der Waals surface area (Å²) in [5, 5.41) is 0. The number of nitrogens with zero attached hydrogens (tertiary/aromatic N) is 2. The van der Waals surface area contributed by atoms with E-state index in [1.807, 2.05) is 60.7 Å². The number of hydrogen-bond acceptors (Lipinski definition) is 2. The lowest BCUT2D eigenvalue weighted by Gasteiger charge is -2.42. The second-order valence-electron chi connectivity index (χ2n) is 7.78. The minimum Gasteiger partial charge on any atom is -0.445 e. The molecular formula is C23H29N2O2+. The Morgan fingerprint density at radius 2 is 1.81 bits per heavy atom. The number of piperidine rings is 1. The summed E-state index contributed by atoms with van der Waals surface area (Å²) in [5.41, 5.74) is 2.94. The van der Waals surface area contributed by atoms with Gasteiger partial charge in [0.1, 0.15) is 12.1 Å². The standard InChI is InChI=1S/C23H29N2O2/c1-5-19-17-20(15-16-25(19,3)4)27-23(26)24(2)22-14-10-9-13-21(22)18-11-7-6-8-12-18/h5-14,19-20H,1,15-17H2,2-4H3/q+1/t19-,20+/m1/s1. The Kier molecular flexibility index (Phi) is 5.66. The maximum absolute atomic E-state index is 12.8. The van der Waals surface area contributed by atoms with Crippen LogP contribution in [0.5, 0.6) is 0 Å². The monoisotopic (exact) mass is 365 g/mol. The number of rotatable bonds is 4. The Morgan fingerprint density at radius 1 is 1.15 bits per heavy atom. The van der Waals surface area contributed by atoms with Crippen LogP contribution < -0.4 is 4.90 Å². The fourth-order valence-electron chi connectivity index (χ4n) is 3.75. The van der Waals surface area contributed by atoms with Crippen molar-refractivity contribution in [2.75, 3.05) is 32.6 Å². The second-order valence-corrected chi connectivity index (χ2v) is 7.78. The van der Waals surface area contributed by atoms with E-state index in [9.17, 15) is 4.79 Å². The fourth-order valence-corrected chi connectivity index (χ4v) is 3.75. The van der Waals surface area contributed by atoms with Crippen molar-refractivity contribution in [1.82, 2.24) is 0 Å². The van der Waals surface area contributed by atoms with Gasteiger partial charge in [0.15, 0.2) is 0 Å². The SMILES string of the molecule is C=C[C@@H]1C[C@@H](OC(=O)N(C)c2ccccc2-c2ccccc2)CC[N+]1(C)C. The van der Waals surface area contributed by atoms with Crippen LogP contribution in [0.25, 0.3) is 11.1 Å². The summed E-state index contributed by atoms with van der Waals surface area (Å²) in [6.07, 6.45) is 3.29. The van der Waals surface area contributed by atoms with Crippen LogP contribution in [0, 0.1) is 0 Å². The molecule has 0 N–H and O–H groups in total. The Bertz CT molecular complexity index is 801. The third-order valence-corrected chi connectivity index (χ3v) is 5.59. The lowest BCUT2D eigenvalue weighted by Crippen LogP contribution is -2.55. The molecule has 1 aliphatic heterocycles. The Hall–Kier alpha value is -2.59. The van der Waals surface area contributed by atoms with Crippen molar-refractivity contribution in [2.24, 2.45) is 0 Å².